The summed E-state index contributed by atoms with van der Waals surface area (Å²) in [5, 5.41) is 9.83. The molecule has 0 spiro atoms. The number of aromatic nitrogens is 1. The largest absolute Gasteiger partial charge is 0.380 e. The van der Waals surface area contributed by atoms with Crippen LogP contribution in [0.5, 0.6) is 0 Å². The molecule has 1 aliphatic heterocycles. The van der Waals surface area contributed by atoms with Gasteiger partial charge in [0.15, 0.2) is 0 Å². The lowest BCUT2D eigenvalue weighted by Gasteiger charge is -2.21. The molecule has 0 radical (unpaired) electrons. The minimum atomic E-state index is -0.535. The van der Waals surface area contributed by atoms with Gasteiger partial charge in [0.2, 0.25) is 0 Å². The van der Waals surface area contributed by atoms with E-state index in [0.29, 0.717) is 35.8 Å². The summed E-state index contributed by atoms with van der Waals surface area (Å²) in [7, 11) is 0. The molecule has 0 bridgehead atoms. The fourth-order valence-corrected chi connectivity index (χ4v) is 3.99. The summed E-state index contributed by atoms with van der Waals surface area (Å²) in [6.07, 6.45) is 3.96. The molecule has 1 aromatic heterocycles. The quantitative estimate of drug-likeness (QED) is 0.368. The van der Waals surface area contributed by atoms with E-state index in [4.69, 9.17) is 5.73 Å². The van der Waals surface area contributed by atoms with Gasteiger partial charge in [0.25, 0.3) is 5.91 Å². The van der Waals surface area contributed by atoms with Crippen LogP contribution in [0.1, 0.15) is 34.3 Å². The maximum Gasteiger partial charge on any atom is 0.252 e. The summed E-state index contributed by atoms with van der Waals surface area (Å²) in [5.41, 5.74) is 9.41. The third kappa shape index (κ3) is 6.79. The number of benzene rings is 2. The van der Waals surface area contributed by atoms with Crippen molar-refractivity contribution in [2.24, 2.45) is 11.7 Å². The van der Waals surface area contributed by atoms with Gasteiger partial charge in [-0.15, -0.1) is 12.4 Å². The number of rotatable bonds is 9. The van der Waals surface area contributed by atoms with Gasteiger partial charge < -0.3 is 21.7 Å². The molecule has 5 N–H and O–H groups in total. The number of hydrogen-bond acceptors (Lipinski definition) is 6. The van der Waals surface area contributed by atoms with E-state index in [2.05, 4.69) is 20.9 Å². The number of hydrogen-bond donors (Lipinski definition) is 4. The van der Waals surface area contributed by atoms with Crippen LogP contribution in [0.3, 0.4) is 0 Å². The number of Topliss-reactive ketones (excluding diaryl/α,β-unsaturated/α-hetero) is 1. The summed E-state index contributed by atoms with van der Waals surface area (Å²) in [6, 6.07) is 19.5. The molecule has 1 atom stereocenters. The number of anilines is 3. The van der Waals surface area contributed by atoms with Crippen LogP contribution < -0.4 is 21.7 Å². The van der Waals surface area contributed by atoms with Crippen molar-refractivity contribution in [1.29, 1.82) is 0 Å². The number of nitrogens with two attached hydrogens (primary N) is 1. The Morgan fingerprint density at radius 2 is 1.82 bits per heavy atom. The smallest absolute Gasteiger partial charge is 0.252 e. The molecule has 34 heavy (non-hydrogen) atoms. The first-order valence-electron chi connectivity index (χ1n) is 11.3. The highest BCUT2D eigenvalue weighted by molar-refractivity contribution is 5.98. The third-order valence-corrected chi connectivity index (χ3v) is 5.85. The number of halogens is 1. The molecule has 3 aromatic rings. The first-order chi connectivity index (χ1) is 16.1. The molecule has 178 valence electrons. The number of pyridine rings is 1. The van der Waals surface area contributed by atoms with Crippen molar-refractivity contribution in [2.75, 3.05) is 23.7 Å². The van der Waals surface area contributed by atoms with Crippen LogP contribution in [0.25, 0.3) is 0 Å². The maximum atomic E-state index is 12.5. The van der Waals surface area contributed by atoms with Crippen LogP contribution in [0.4, 0.5) is 17.2 Å². The Balaban J connectivity index is 0.00000324. The third-order valence-electron chi connectivity index (χ3n) is 5.85. The Kier molecular flexibility index (Phi) is 9.01. The van der Waals surface area contributed by atoms with Crippen molar-refractivity contribution in [1.82, 2.24) is 10.3 Å². The van der Waals surface area contributed by atoms with E-state index in [9.17, 15) is 9.59 Å². The molecule has 2 aromatic carbocycles. The molecule has 1 aliphatic rings. The number of amides is 1. The standard InChI is InChI=1S/C26H29N5O2.ClH/c27-26(33)22-17-30-25(14-23(22)29-15-19-5-2-1-3-6-19)31-21-10-8-18(9-11-21)13-24(32)20-7-4-12-28-16-20;/h1-3,5-6,8-11,14,17,20,28H,4,7,12-13,15-16H2,(H2,27,33)(H2,29,30,31);1H. The fourth-order valence-electron chi connectivity index (χ4n) is 3.99. The predicted octanol–water partition coefficient (Wildman–Crippen LogP) is 4.07. The highest BCUT2D eigenvalue weighted by Gasteiger charge is 2.20. The highest BCUT2D eigenvalue weighted by atomic mass is 35.5. The summed E-state index contributed by atoms with van der Waals surface area (Å²) in [5.74, 6) is 0.464. The summed E-state index contributed by atoms with van der Waals surface area (Å²) in [6.45, 7) is 2.35. The van der Waals surface area contributed by atoms with Crippen molar-refractivity contribution in [2.45, 2.75) is 25.8 Å². The molecule has 1 fully saturated rings. The van der Waals surface area contributed by atoms with Crippen molar-refractivity contribution >= 4 is 41.3 Å². The molecule has 1 unspecified atom stereocenters. The van der Waals surface area contributed by atoms with E-state index < -0.39 is 5.91 Å². The number of piperidine rings is 1. The van der Waals surface area contributed by atoms with Gasteiger partial charge >= 0.3 is 0 Å². The van der Waals surface area contributed by atoms with Crippen molar-refractivity contribution in [3.05, 3.63) is 83.6 Å². The normalized spacial score (nSPS) is 15.1. The van der Waals surface area contributed by atoms with E-state index in [1.165, 1.54) is 6.20 Å². The molecular weight excluding hydrogens is 450 g/mol. The van der Waals surface area contributed by atoms with Gasteiger partial charge in [0.1, 0.15) is 11.6 Å². The molecule has 0 saturated carbocycles. The molecule has 2 heterocycles. The van der Waals surface area contributed by atoms with E-state index >= 15 is 0 Å². The van der Waals surface area contributed by atoms with E-state index in [1.807, 2.05) is 54.6 Å². The van der Waals surface area contributed by atoms with Crippen LogP contribution >= 0.6 is 12.4 Å². The van der Waals surface area contributed by atoms with Crippen LogP contribution in [-0.2, 0) is 17.8 Å². The van der Waals surface area contributed by atoms with Crippen LogP contribution in [-0.4, -0.2) is 29.8 Å². The SMILES string of the molecule is Cl.NC(=O)c1cnc(Nc2ccc(CC(=O)C3CCCNC3)cc2)cc1NCc1ccccc1. The Morgan fingerprint density at radius 1 is 1.06 bits per heavy atom. The number of ketones is 1. The van der Waals surface area contributed by atoms with E-state index in [1.54, 1.807) is 6.07 Å². The molecule has 0 aliphatic carbocycles. The zero-order valence-electron chi connectivity index (χ0n) is 18.9. The summed E-state index contributed by atoms with van der Waals surface area (Å²) in [4.78, 5) is 28.7. The molecule has 4 rings (SSSR count). The first kappa shape index (κ1) is 25.2. The predicted molar refractivity (Wildman–Crippen MR) is 138 cm³/mol. The monoisotopic (exact) mass is 479 g/mol. The average Bonchev–Trinajstić information content (AvgIpc) is 2.85. The lowest BCUT2D eigenvalue weighted by Crippen LogP contribution is -2.35. The topological polar surface area (TPSA) is 109 Å². The van der Waals surface area contributed by atoms with Gasteiger partial charge in [-0.3, -0.25) is 9.59 Å². The first-order valence-corrected chi connectivity index (χ1v) is 11.3. The van der Waals surface area contributed by atoms with Gasteiger partial charge in [-0.1, -0.05) is 42.5 Å². The van der Waals surface area contributed by atoms with Gasteiger partial charge in [0.05, 0.1) is 11.3 Å². The van der Waals surface area contributed by atoms with Gasteiger partial charge in [-0.2, -0.15) is 0 Å². The Labute approximate surface area is 206 Å². The number of primary amides is 1. The molecule has 7 nitrogen and oxygen atoms in total. The van der Waals surface area contributed by atoms with Crippen LogP contribution in [0.2, 0.25) is 0 Å². The van der Waals surface area contributed by atoms with Crippen LogP contribution in [0, 0.1) is 5.92 Å². The Bertz CT molecular complexity index is 1100. The second-order valence-electron chi connectivity index (χ2n) is 8.33. The molecule has 8 heteroatoms. The highest BCUT2D eigenvalue weighted by Crippen LogP contribution is 2.23. The number of nitrogens with one attached hydrogen (secondary N) is 3. The fraction of sp³-hybridized carbons (Fsp3) is 0.269. The summed E-state index contributed by atoms with van der Waals surface area (Å²) < 4.78 is 0. The zero-order valence-corrected chi connectivity index (χ0v) is 19.7. The Morgan fingerprint density at radius 3 is 2.50 bits per heavy atom. The van der Waals surface area contributed by atoms with E-state index in [-0.39, 0.29) is 18.3 Å². The number of nitrogens with zero attached hydrogens (tertiary/aromatic N) is 1. The zero-order chi connectivity index (χ0) is 23.0. The van der Waals surface area contributed by atoms with Gasteiger partial charge in [-0.05, 0) is 42.6 Å². The maximum absolute atomic E-state index is 12.5. The Hall–Kier alpha value is -3.42. The van der Waals surface area contributed by atoms with Crippen molar-refractivity contribution in [3.8, 4) is 0 Å². The molecule has 1 amide bonds. The van der Waals surface area contributed by atoms with Crippen LogP contribution in [0.15, 0.2) is 66.9 Å². The van der Waals surface area contributed by atoms with E-state index in [0.717, 1.165) is 42.7 Å². The number of carbonyl (C=O) groups is 2. The minimum absolute atomic E-state index is 0. The second kappa shape index (κ2) is 12.2. The lowest BCUT2D eigenvalue weighted by molar-refractivity contribution is -0.122. The lowest BCUT2D eigenvalue weighted by atomic mass is 9.91. The minimum Gasteiger partial charge on any atom is -0.380 e. The second-order valence-corrected chi connectivity index (χ2v) is 8.33. The van der Waals surface area contributed by atoms with Gasteiger partial charge in [-0.25, -0.2) is 4.98 Å². The number of carbonyl (C=O) groups excluding carboxylic acids is 2. The summed E-state index contributed by atoms with van der Waals surface area (Å²) >= 11 is 0. The molecule has 1 saturated heterocycles. The molecular formula is C26H30ClN5O2. The van der Waals surface area contributed by atoms with Crippen molar-refractivity contribution in [3.63, 3.8) is 0 Å². The average molecular weight is 480 g/mol. The van der Waals surface area contributed by atoms with Crippen molar-refractivity contribution < 1.29 is 9.59 Å². The van der Waals surface area contributed by atoms with Gasteiger partial charge in [0, 0.05) is 43.4 Å².